The number of halogens is 1. The van der Waals surface area contributed by atoms with Gasteiger partial charge in [0.1, 0.15) is 0 Å². The normalized spacial score (nSPS) is 10.4. The number of nitrogens with two attached hydrogens (primary N) is 1. The fraction of sp³-hybridized carbons (Fsp3) is 0.667. The molecule has 0 bridgehead atoms. The maximum absolute atomic E-state index is 9.65. The van der Waals surface area contributed by atoms with Gasteiger partial charge in [0.2, 0.25) is 0 Å². The van der Waals surface area contributed by atoms with Crippen molar-refractivity contribution in [1.29, 1.82) is 0 Å². The van der Waals surface area contributed by atoms with E-state index in [-0.39, 0.29) is 49.2 Å². The molecule has 0 aliphatic carbocycles. The van der Waals surface area contributed by atoms with Crippen LogP contribution in [-0.2, 0) is 24.3 Å². The van der Waals surface area contributed by atoms with Crippen molar-refractivity contribution in [3.05, 3.63) is 0 Å². The number of carboxylic acid groups (broad SMARTS) is 1. The maximum Gasteiger partial charge on any atom is 2.00 e. The van der Waals surface area contributed by atoms with Crippen LogP contribution >= 0.6 is 12.6 Å². The monoisotopic (exact) mass is 311 g/mol. The predicted octanol–water partition coefficient (Wildman–Crippen LogP) is -5.01. The molecule has 50 valence electrons. The van der Waals surface area contributed by atoms with Gasteiger partial charge < -0.3 is 39.6 Å². The van der Waals surface area contributed by atoms with E-state index in [9.17, 15) is 9.90 Å². The fourth-order valence-corrected chi connectivity index (χ4v) is 0.224. The quantitative estimate of drug-likeness (QED) is 0.305. The Morgan fingerprint density at radius 1 is 1.78 bits per heavy atom. The van der Waals surface area contributed by atoms with Gasteiger partial charge in [-0.15, -0.1) is 0 Å². The molecule has 0 heterocycles. The summed E-state index contributed by atoms with van der Waals surface area (Å²) in [5, 5.41) is 9.65. The van der Waals surface area contributed by atoms with Crippen LogP contribution in [0.2, 0.25) is 0 Å². The minimum atomic E-state index is -1.25. The number of rotatable bonds is 2. The first-order valence-corrected chi connectivity index (χ1v) is 2.39. The van der Waals surface area contributed by atoms with Gasteiger partial charge in [-0.3, -0.25) is 0 Å². The van der Waals surface area contributed by atoms with E-state index >= 15 is 0 Å². The van der Waals surface area contributed by atoms with Crippen LogP contribution < -0.4 is 34.8 Å². The van der Waals surface area contributed by atoms with Gasteiger partial charge >= 0.3 is 19.5 Å². The molecule has 0 aliphatic heterocycles. The van der Waals surface area contributed by atoms with Crippen LogP contribution in [0.5, 0.6) is 0 Å². The molecule has 9 heavy (non-hydrogen) atoms. The Balaban J connectivity index is -0.000000180. The van der Waals surface area contributed by atoms with Crippen molar-refractivity contribution in [2.45, 2.75) is 6.04 Å². The molecule has 0 aromatic carbocycles. The summed E-state index contributed by atoms with van der Waals surface area (Å²) in [6.45, 7) is 0. The molecule has 2 N–H and O–H groups in total. The summed E-state index contributed by atoms with van der Waals surface area (Å²) < 4.78 is 0. The number of carbonyl (C=O) groups excluding carboxylic acids is 1. The largest absolute Gasteiger partial charge is 2.00 e. The van der Waals surface area contributed by atoms with E-state index in [1.807, 2.05) is 0 Å². The molecule has 0 aromatic heterocycles. The number of carboxylic acids is 1. The second-order valence-corrected chi connectivity index (χ2v) is 1.47. The van der Waals surface area contributed by atoms with Crippen molar-refractivity contribution >= 4 is 18.6 Å². The molecule has 0 spiro atoms. The minimum Gasteiger partial charge on any atom is -1.00 e. The molecule has 0 amide bonds. The molecule has 0 aromatic rings. The molecular weight excluding hydrogens is 306 g/mol. The number of hydrogen-bond acceptors (Lipinski definition) is 4. The van der Waals surface area contributed by atoms with Gasteiger partial charge in [-0.25, -0.2) is 0 Å². The van der Waals surface area contributed by atoms with Gasteiger partial charge in [0.15, 0.2) is 0 Å². The Morgan fingerprint density at radius 2 is 2.11 bits per heavy atom. The molecule has 0 radical (unpaired) electrons. The average molecular weight is 312 g/mol. The van der Waals surface area contributed by atoms with E-state index < -0.39 is 12.0 Å². The summed E-state index contributed by atoms with van der Waals surface area (Å²) in [4.78, 5) is 9.65. The van der Waals surface area contributed by atoms with Crippen molar-refractivity contribution < 1.29 is 53.4 Å². The zero-order valence-electron chi connectivity index (χ0n) is 4.71. The second kappa shape index (κ2) is 9.13. The SMILES string of the molecule is N[C@@H](CS)C(=O)[O-].[I-].[Zn+2]. The van der Waals surface area contributed by atoms with Crippen LogP contribution in [0.1, 0.15) is 0 Å². The molecular formula is C3H6INO2SZn. The van der Waals surface area contributed by atoms with Crippen molar-refractivity contribution in [1.82, 2.24) is 0 Å². The van der Waals surface area contributed by atoms with Gasteiger partial charge in [0.05, 0.1) is 12.0 Å². The number of hydrogen-bond donors (Lipinski definition) is 2. The van der Waals surface area contributed by atoms with Crippen molar-refractivity contribution in [2.75, 3.05) is 5.75 Å². The van der Waals surface area contributed by atoms with Crippen LogP contribution in [0.4, 0.5) is 0 Å². The molecule has 0 saturated heterocycles. The first-order chi connectivity index (χ1) is 3.18. The molecule has 1 atom stereocenters. The number of thiol groups is 1. The molecule has 0 aliphatic rings. The van der Waals surface area contributed by atoms with Crippen molar-refractivity contribution in [3.63, 3.8) is 0 Å². The first-order valence-electron chi connectivity index (χ1n) is 1.75. The van der Waals surface area contributed by atoms with E-state index in [4.69, 9.17) is 5.73 Å². The molecule has 6 heteroatoms. The first kappa shape index (κ1) is 16.6. The third-order valence-corrected chi connectivity index (χ3v) is 0.893. The molecule has 0 saturated carbocycles. The standard InChI is InChI=1S/C3H7NO2S.HI.Zn/c4-2(1-7)3(5)6;;/h2,7H,1,4H2,(H,5,6);1H;/q;;+2/p-2/t2-;;/m0../s1. The number of carbonyl (C=O) groups is 1. The Hall–Kier alpha value is 1.13. The summed E-state index contributed by atoms with van der Waals surface area (Å²) in [6.07, 6.45) is 0. The van der Waals surface area contributed by atoms with Gasteiger partial charge in [-0.1, -0.05) is 0 Å². The van der Waals surface area contributed by atoms with Gasteiger partial charge in [-0.05, 0) is 0 Å². The van der Waals surface area contributed by atoms with Crippen LogP contribution in [0.15, 0.2) is 0 Å². The minimum absolute atomic E-state index is 0. The summed E-state index contributed by atoms with van der Waals surface area (Å²) in [7, 11) is 0. The van der Waals surface area contributed by atoms with Gasteiger partial charge in [0.25, 0.3) is 0 Å². The molecule has 3 nitrogen and oxygen atoms in total. The average Bonchev–Trinajstić information content (AvgIpc) is 1.65. The van der Waals surface area contributed by atoms with Gasteiger partial charge in [-0.2, -0.15) is 12.6 Å². The smallest absolute Gasteiger partial charge is 1.00 e. The Morgan fingerprint density at radius 3 is 2.11 bits per heavy atom. The van der Waals surface area contributed by atoms with E-state index in [0.717, 1.165) is 0 Å². The van der Waals surface area contributed by atoms with E-state index in [1.54, 1.807) is 0 Å². The predicted molar refractivity (Wildman–Crippen MR) is 26.8 cm³/mol. The van der Waals surface area contributed by atoms with Crippen LogP contribution in [0, 0.1) is 0 Å². The third-order valence-electron chi connectivity index (χ3n) is 0.499. The Kier molecular flexibility index (Phi) is 16.9. The summed E-state index contributed by atoms with van der Waals surface area (Å²) in [5.74, 6) is -1.13. The fourth-order valence-electron chi connectivity index (χ4n) is 0.0745. The molecule has 0 unspecified atom stereocenters. The zero-order valence-corrected chi connectivity index (χ0v) is 10.7. The van der Waals surface area contributed by atoms with E-state index in [1.165, 1.54) is 0 Å². The Labute approximate surface area is 88.9 Å². The van der Waals surface area contributed by atoms with E-state index in [2.05, 4.69) is 12.6 Å². The van der Waals surface area contributed by atoms with Crippen LogP contribution in [0.25, 0.3) is 0 Å². The Bertz CT molecular complexity index is 84.2. The van der Waals surface area contributed by atoms with Crippen molar-refractivity contribution in [3.8, 4) is 0 Å². The number of aliphatic carboxylic acids is 1. The molecule has 0 rings (SSSR count). The summed E-state index contributed by atoms with van der Waals surface area (Å²) >= 11 is 3.61. The third kappa shape index (κ3) is 9.13. The van der Waals surface area contributed by atoms with Gasteiger partial charge in [0, 0.05) is 5.75 Å². The second-order valence-electron chi connectivity index (χ2n) is 1.11. The van der Waals surface area contributed by atoms with Crippen molar-refractivity contribution in [2.24, 2.45) is 5.73 Å². The maximum atomic E-state index is 9.65. The topological polar surface area (TPSA) is 66.2 Å². The van der Waals surface area contributed by atoms with Crippen LogP contribution in [-0.4, -0.2) is 17.8 Å². The summed E-state index contributed by atoms with van der Waals surface area (Å²) in [5.41, 5.74) is 4.88. The van der Waals surface area contributed by atoms with Crippen LogP contribution in [0.3, 0.4) is 0 Å². The zero-order chi connectivity index (χ0) is 5.86. The molecule has 0 fully saturated rings. The summed E-state index contributed by atoms with van der Waals surface area (Å²) in [6, 6.07) is -0.927. The van der Waals surface area contributed by atoms with E-state index in [0.29, 0.717) is 0 Å².